The fourth-order valence-electron chi connectivity index (χ4n) is 9.23. The second kappa shape index (κ2) is 7.40. The molecule has 0 aromatic heterocycles. The van der Waals surface area contributed by atoms with Gasteiger partial charge >= 0.3 is 0 Å². The summed E-state index contributed by atoms with van der Waals surface area (Å²) in [5.41, 5.74) is -0.0598. The lowest BCUT2D eigenvalue weighted by molar-refractivity contribution is -0.163. The molecule has 2 nitrogen and oxygen atoms in total. The van der Waals surface area contributed by atoms with Crippen molar-refractivity contribution in [3.05, 3.63) is 0 Å². The van der Waals surface area contributed by atoms with Crippen molar-refractivity contribution in [1.29, 1.82) is 0 Å². The van der Waals surface area contributed by atoms with Crippen LogP contribution in [0.1, 0.15) is 98.8 Å². The van der Waals surface area contributed by atoms with Crippen LogP contribution in [0.25, 0.3) is 0 Å². The number of rotatable bonds is 4. The van der Waals surface area contributed by atoms with Crippen molar-refractivity contribution in [3.8, 4) is 0 Å². The Hall–Kier alpha value is -0.220. The van der Waals surface area contributed by atoms with Gasteiger partial charge in [-0.1, -0.05) is 27.7 Å². The Bertz CT molecular complexity index is 647. The van der Waals surface area contributed by atoms with E-state index in [-0.39, 0.29) is 17.3 Å². The predicted molar refractivity (Wildman–Crippen MR) is 116 cm³/mol. The van der Waals surface area contributed by atoms with Crippen LogP contribution in [0.3, 0.4) is 0 Å². The van der Waals surface area contributed by atoms with E-state index >= 15 is 0 Å². The highest BCUT2D eigenvalue weighted by Crippen LogP contribution is 2.69. The maximum atomic E-state index is 13.9. The molecule has 4 saturated carbocycles. The van der Waals surface area contributed by atoms with Crippen LogP contribution in [0.15, 0.2) is 0 Å². The zero-order valence-corrected chi connectivity index (χ0v) is 19.8. The summed E-state index contributed by atoms with van der Waals surface area (Å²) in [6, 6.07) is 0. The third-order valence-corrected chi connectivity index (χ3v) is 11.2. The first kappa shape index (κ1) is 23.0. The monoisotopic (exact) mass is 426 g/mol. The van der Waals surface area contributed by atoms with Crippen LogP contribution in [-0.4, -0.2) is 27.8 Å². The van der Waals surface area contributed by atoms with E-state index < -0.39 is 17.6 Å². The topological polar surface area (TPSA) is 40.5 Å². The van der Waals surface area contributed by atoms with Gasteiger partial charge in [0.15, 0.2) is 0 Å². The van der Waals surface area contributed by atoms with Crippen LogP contribution >= 0.6 is 0 Å². The number of fused-ring (bicyclic) bond motifs is 5. The molecule has 4 aliphatic carbocycles. The molecule has 0 bridgehead atoms. The summed E-state index contributed by atoms with van der Waals surface area (Å²) in [6.07, 6.45) is 9.19. The molecule has 10 atom stereocenters. The Labute approximate surface area is 182 Å². The Balaban J connectivity index is 1.54. The summed E-state index contributed by atoms with van der Waals surface area (Å²) in [4.78, 5) is 0. The lowest BCUT2D eigenvalue weighted by Crippen LogP contribution is -2.56. The molecule has 30 heavy (non-hydrogen) atoms. The SMILES string of the molecule is CC[C@]1(O)CC[C@@]2(C)[C@H](CC[C@@H]3[C@@H]2CC[C@]2(C)[C@@H]([C@H](C)[C@@H](O)C(C)(F)F)CC[C@@H]32)C1. The molecule has 0 aromatic rings. The molecule has 0 spiro atoms. The van der Waals surface area contributed by atoms with Crippen molar-refractivity contribution in [2.24, 2.45) is 46.3 Å². The minimum absolute atomic E-state index is 0.0782. The van der Waals surface area contributed by atoms with Crippen molar-refractivity contribution in [3.63, 3.8) is 0 Å². The number of hydrogen-bond acceptors (Lipinski definition) is 2. The van der Waals surface area contributed by atoms with Gasteiger partial charge < -0.3 is 10.2 Å². The predicted octanol–water partition coefficient (Wildman–Crippen LogP) is 6.44. The van der Waals surface area contributed by atoms with E-state index in [1.807, 2.05) is 6.92 Å². The zero-order chi connectivity index (χ0) is 22.1. The van der Waals surface area contributed by atoms with Gasteiger partial charge in [0.1, 0.15) is 6.10 Å². The number of aliphatic hydroxyl groups is 2. The van der Waals surface area contributed by atoms with Crippen molar-refractivity contribution in [2.75, 3.05) is 0 Å². The molecule has 0 heterocycles. The molecule has 0 amide bonds. The Morgan fingerprint density at radius 3 is 2.27 bits per heavy atom. The average molecular weight is 427 g/mol. The largest absolute Gasteiger partial charge is 0.390 e. The third-order valence-electron chi connectivity index (χ3n) is 11.2. The standard InChI is InChI=1S/C26H44F2O2/c1-6-26(30)14-13-23(3)17(15-26)7-8-18-20-10-9-19(16(2)22(29)25(5,27)28)24(20,4)12-11-21(18)23/h16-22,29-30H,6-15H2,1-5H3/t16-,17+,18-,19+,20-,21-,22+,23-,24+,26-/m0/s1. The Morgan fingerprint density at radius 1 is 0.967 bits per heavy atom. The molecule has 0 unspecified atom stereocenters. The number of halogens is 2. The van der Waals surface area contributed by atoms with E-state index in [4.69, 9.17) is 0 Å². The fraction of sp³-hybridized carbons (Fsp3) is 1.00. The molecule has 0 aromatic carbocycles. The lowest BCUT2D eigenvalue weighted by Gasteiger charge is -2.62. The quantitative estimate of drug-likeness (QED) is 0.543. The van der Waals surface area contributed by atoms with Gasteiger partial charge in [-0.3, -0.25) is 0 Å². The normalized spacial score (nSPS) is 50.9. The van der Waals surface area contributed by atoms with Crippen molar-refractivity contribution < 1.29 is 19.0 Å². The molecule has 174 valence electrons. The van der Waals surface area contributed by atoms with Crippen LogP contribution in [0.2, 0.25) is 0 Å². The Kier molecular flexibility index (Phi) is 5.66. The maximum Gasteiger partial charge on any atom is 0.270 e. The summed E-state index contributed by atoms with van der Waals surface area (Å²) >= 11 is 0. The van der Waals surface area contributed by atoms with Gasteiger partial charge in [0.2, 0.25) is 0 Å². The van der Waals surface area contributed by atoms with Gasteiger partial charge in [-0.25, -0.2) is 8.78 Å². The lowest BCUT2D eigenvalue weighted by atomic mass is 9.43. The van der Waals surface area contributed by atoms with Crippen molar-refractivity contribution in [2.45, 2.75) is 116 Å². The van der Waals surface area contributed by atoms with Crippen LogP contribution in [0.4, 0.5) is 8.78 Å². The number of hydrogen-bond donors (Lipinski definition) is 2. The van der Waals surface area contributed by atoms with Crippen LogP contribution in [0, 0.1) is 46.3 Å². The Morgan fingerprint density at radius 2 is 1.63 bits per heavy atom. The van der Waals surface area contributed by atoms with Gasteiger partial charge in [-0.15, -0.1) is 0 Å². The van der Waals surface area contributed by atoms with Gasteiger partial charge in [0.25, 0.3) is 5.92 Å². The van der Waals surface area contributed by atoms with Crippen molar-refractivity contribution >= 4 is 0 Å². The third kappa shape index (κ3) is 3.38. The molecule has 4 heteroatoms. The molecular formula is C26H44F2O2. The van der Waals surface area contributed by atoms with Gasteiger partial charge in [-0.2, -0.15) is 0 Å². The van der Waals surface area contributed by atoms with E-state index in [0.717, 1.165) is 51.9 Å². The van der Waals surface area contributed by atoms with E-state index in [1.54, 1.807) is 0 Å². The summed E-state index contributed by atoms with van der Waals surface area (Å²) in [5, 5.41) is 21.3. The smallest absolute Gasteiger partial charge is 0.270 e. The minimum Gasteiger partial charge on any atom is -0.390 e. The first-order chi connectivity index (χ1) is 13.9. The molecule has 4 rings (SSSR count). The molecule has 0 saturated heterocycles. The van der Waals surface area contributed by atoms with E-state index in [2.05, 4.69) is 20.8 Å². The summed E-state index contributed by atoms with van der Waals surface area (Å²) in [5.74, 6) is -0.584. The average Bonchev–Trinajstić information content (AvgIpc) is 3.04. The van der Waals surface area contributed by atoms with E-state index in [0.29, 0.717) is 29.1 Å². The number of alkyl halides is 2. The molecule has 4 fully saturated rings. The molecule has 2 N–H and O–H groups in total. The first-order valence-electron chi connectivity index (χ1n) is 12.6. The fourth-order valence-corrected chi connectivity index (χ4v) is 9.23. The van der Waals surface area contributed by atoms with Gasteiger partial charge in [-0.05, 0) is 111 Å². The molecule has 0 radical (unpaired) electrons. The molecular weight excluding hydrogens is 382 g/mol. The second-order valence-corrected chi connectivity index (χ2v) is 12.4. The second-order valence-electron chi connectivity index (χ2n) is 12.4. The highest BCUT2D eigenvalue weighted by Gasteiger charge is 2.62. The summed E-state index contributed by atoms with van der Waals surface area (Å²) < 4.78 is 27.8. The molecule has 0 aliphatic heterocycles. The van der Waals surface area contributed by atoms with Gasteiger partial charge in [0.05, 0.1) is 5.60 Å². The molecule has 4 aliphatic rings. The highest BCUT2D eigenvalue weighted by atomic mass is 19.3. The van der Waals surface area contributed by atoms with E-state index in [1.165, 1.54) is 19.3 Å². The summed E-state index contributed by atoms with van der Waals surface area (Å²) in [7, 11) is 0. The van der Waals surface area contributed by atoms with Crippen LogP contribution in [0.5, 0.6) is 0 Å². The van der Waals surface area contributed by atoms with Crippen molar-refractivity contribution in [1.82, 2.24) is 0 Å². The first-order valence-corrected chi connectivity index (χ1v) is 12.6. The van der Waals surface area contributed by atoms with E-state index in [9.17, 15) is 19.0 Å². The number of aliphatic hydroxyl groups excluding tert-OH is 1. The van der Waals surface area contributed by atoms with Crippen LogP contribution < -0.4 is 0 Å². The zero-order valence-electron chi connectivity index (χ0n) is 19.8. The minimum atomic E-state index is -3.03. The summed E-state index contributed by atoms with van der Waals surface area (Å²) in [6.45, 7) is 9.70. The maximum absolute atomic E-state index is 13.9. The van der Waals surface area contributed by atoms with Gasteiger partial charge in [0, 0.05) is 6.92 Å². The highest BCUT2D eigenvalue weighted by molar-refractivity contribution is 5.11. The van der Waals surface area contributed by atoms with Crippen LogP contribution in [-0.2, 0) is 0 Å².